The Hall–Kier alpha value is -3.21. The number of rotatable bonds is 4. The maximum atomic E-state index is 12.0. The van der Waals surface area contributed by atoms with E-state index in [1.54, 1.807) is 0 Å². The van der Waals surface area contributed by atoms with Crippen LogP contribution in [0.2, 0.25) is 0 Å². The minimum absolute atomic E-state index is 0.0735. The Kier molecular flexibility index (Phi) is 5.72. The highest BCUT2D eigenvalue weighted by Gasteiger charge is 2.19. The number of halogens is 1. The van der Waals surface area contributed by atoms with Crippen LogP contribution in [0.4, 0.5) is 17.3 Å². The predicted octanol–water partition coefficient (Wildman–Crippen LogP) is 2.46. The predicted molar refractivity (Wildman–Crippen MR) is 103 cm³/mol. The van der Waals surface area contributed by atoms with Crippen LogP contribution in [-0.4, -0.2) is 37.2 Å². The van der Waals surface area contributed by atoms with Crippen LogP contribution in [-0.2, 0) is 0 Å². The largest absolute Gasteiger partial charge is 0.477 e. The molecule has 0 aliphatic carbocycles. The second kappa shape index (κ2) is 7.78. The van der Waals surface area contributed by atoms with Gasteiger partial charge in [0.05, 0.1) is 9.86 Å². The number of aromatic amines is 2. The molecule has 0 atom stereocenters. The summed E-state index contributed by atoms with van der Waals surface area (Å²) in [5, 5.41) is 19.6. The second-order valence-corrected chi connectivity index (χ2v) is 5.51. The van der Waals surface area contributed by atoms with Crippen molar-refractivity contribution < 1.29 is 9.90 Å². The van der Waals surface area contributed by atoms with E-state index in [0.717, 1.165) is 6.21 Å². The monoisotopic (exact) mass is 421 g/mol. The summed E-state index contributed by atoms with van der Waals surface area (Å²) in [6.07, 6.45) is 2.23. The number of carboxylic acids is 1. The van der Waals surface area contributed by atoms with Crippen molar-refractivity contribution in [1.82, 2.24) is 19.9 Å². The number of H-pyrrole nitrogens is 2. The van der Waals surface area contributed by atoms with Crippen LogP contribution in [0, 0.1) is 5.41 Å². The van der Waals surface area contributed by atoms with E-state index >= 15 is 0 Å². The van der Waals surface area contributed by atoms with Gasteiger partial charge in [0.15, 0.2) is 0 Å². The summed E-state index contributed by atoms with van der Waals surface area (Å²) in [7, 11) is 0. The molecule has 7 N–H and O–H groups in total. The van der Waals surface area contributed by atoms with Gasteiger partial charge in [0.25, 0.3) is 5.56 Å². The van der Waals surface area contributed by atoms with Gasteiger partial charge in [-0.15, -0.1) is 0 Å². The van der Waals surface area contributed by atoms with Gasteiger partial charge in [0.1, 0.15) is 35.0 Å². The van der Waals surface area contributed by atoms with Gasteiger partial charge in [-0.2, -0.15) is 0 Å². The highest BCUT2D eigenvalue weighted by Crippen LogP contribution is 2.32. The number of aromatic nitrogens is 4. The molecule has 0 amide bonds. The molecule has 0 aliphatic heterocycles. The first-order valence-corrected chi connectivity index (χ1v) is 8.27. The number of carbonyl (C=O) groups is 1. The van der Waals surface area contributed by atoms with Gasteiger partial charge >= 0.3 is 5.97 Å². The van der Waals surface area contributed by atoms with E-state index in [9.17, 15) is 9.59 Å². The zero-order valence-corrected chi connectivity index (χ0v) is 15.4. The lowest BCUT2D eigenvalue weighted by atomic mass is 10.2. The molecule has 0 aliphatic rings. The summed E-state index contributed by atoms with van der Waals surface area (Å²) >= 11 is 3.20. The van der Waals surface area contributed by atoms with Gasteiger partial charge in [-0.25, -0.2) is 14.8 Å². The van der Waals surface area contributed by atoms with E-state index in [1.165, 1.54) is 12.4 Å². The first-order chi connectivity index (χ1) is 12.4. The summed E-state index contributed by atoms with van der Waals surface area (Å²) in [4.78, 5) is 36.3. The fraction of sp³-hybridized carbons (Fsp3) is 0.133. The summed E-state index contributed by atoms with van der Waals surface area (Å²) in [6.45, 7) is 4.00. The average Bonchev–Trinajstić information content (AvgIpc) is 2.97. The number of nitrogens with zero attached hydrogens (tertiary/aromatic N) is 2. The highest BCUT2D eigenvalue weighted by molar-refractivity contribution is 9.10. The standard InChI is InChI=1S/C13H10BrN7O3.C2H6/c14-7-6-10(17-3-18-11(6)20-8(7)13(23)24)19-5-1-4(2-15)9(16)21-12(5)22;1-2/h1-3,15H,(H,23,24)(H3,16,21,22)(H2,17,18,19,20);1-2H3. The van der Waals surface area contributed by atoms with Crippen molar-refractivity contribution >= 4 is 56.5 Å². The zero-order valence-electron chi connectivity index (χ0n) is 13.8. The normalized spacial score (nSPS) is 10.1. The number of fused-ring (bicyclic) bond motifs is 1. The molecule has 0 fully saturated rings. The third-order valence-corrected chi connectivity index (χ3v) is 4.05. The Labute approximate surface area is 155 Å². The second-order valence-electron chi connectivity index (χ2n) is 4.72. The van der Waals surface area contributed by atoms with Gasteiger partial charge in [0.2, 0.25) is 0 Å². The molecule has 3 aromatic rings. The van der Waals surface area contributed by atoms with Crippen molar-refractivity contribution in [3.8, 4) is 0 Å². The average molecular weight is 422 g/mol. The van der Waals surface area contributed by atoms with Crippen molar-refractivity contribution in [1.29, 1.82) is 5.41 Å². The minimum atomic E-state index is -1.16. The zero-order chi connectivity index (χ0) is 19.4. The molecule has 0 aromatic carbocycles. The van der Waals surface area contributed by atoms with Crippen LogP contribution in [0.3, 0.4) is 0 Å². The number of nitrogen functional groups attached to an aromatic ring is 1. The third-order valence-electron chi connectivity index (χ3n) is 3.26. The topological polar surface area (TPSA) is 174 Å². The molecule has 3 aromatic heterocycles. The molecule has 10 nitrogen and oxygen atoms in total. The molecule has 11 heteroatoms. The van der Waals surface area contributed by atoms with Gasteiger partial charge in [-0.3, -0.25) is 4.79 Å². The van der Waals surface area contributed by atoms with Gasteiger partial charge in [-0.1, -0.05) is 13.8 Å². The van der Waals surface area contributed by atoms with E-state index in [2.05, 4.69) is 41.2 Å². The lowest BCUT2D eigenvalue weighted by Crippen LogP contribution is -2.15. The number of nitrogens with one attached hydrogen (secondary N) is 4. The van der Waals surface area contributed by atoms with E-state index in [4.69, 9.17) is 16.2 Å². The number of anilines is 3. The van der Waals surface area contributed by atoms with Crippen LogP contribution in [0.5, 0.6) is 0 Å². The Bertz CT molecular complexity index is 1040. The molecule has 0 unspecified atom stereocenters. The Morgan fingerprint density at radius 2 is 2.08 bits per heavy atom. The summed E-state index contributed by atoms with van der Waals surface area (Å²) < 4.78 is 0.257. The third kappa shape index (κ3) is 3.42. The van der Waals surface area contributed by atoms with Crippen LogP contribution in [0.1, 0.15) is 29.9 Å². The van der Waals surface area contributed by atoms with E-state index in [1.807, 2.05) is 13.8 Å². The molecule has 136 valence electrons. The molecule has 26 heavy (non-hydrogen) atoms. The number of hydrogen-bond donors (Lipinski definition) is 6. The number of aromatic carboxylic acids is 1. The van der Waals surface area contributed by atoms with Crippen molar-refractivity contribution in [3.05, 3.63) is 38.5 Å². The number of carboxylic acid groups (broad SMARTS) is 1. The Balaban J connectivity index is 0.00000117. The maximum Gasteiger partial charge on any atom is 0.353 e. The molecule has 0 saturated carbocycles. The lowest BCUT2D eigenvalue weighted by molar-refractivity contribution is 0.0690. The van der Waals surface area contributed by atoms with Crippen molar-refractivity contribution in [3.63, 3.8) is 0 Å². The summed E-state index contributed by atoms with van der Waals surface area (Å²) in [5.41, 5.74) is 5.73. The van der Waals surface area contributed by atoms with Crippen LogP contribution in [0.15, 0.2) is 21.7 Å². The number of nitrogens with two attached hydrogens (primary N) is 1. The fourth-order valence-corrected chi connectivity index (χ4v) is 2.77. The van der Waals surface area contributed by atoms with Gasteiger partial charge in [0, 0.05) is 11.8 Å². The lowest BCUT2D eigenvalue weighted by Gasteiger charge is -2.08. The smallest absolute Gasteiger partial charge is 0.353 e. The molecular formula is C15H16BrN7O3. The van der Waals surface area contributed by atoms with Crippen LogP contribution >= 0.6 is 15.9 Å². The molecule has 0 radical (unpaired) electrons. The first-order valence-electron chi connectivity index (χ1n) is 7.48. The fourth-order valence-electron chi connectivity index (χ4n) is 2.13. The molecule has 0 saturated heterocycles. The van der Waals surface area contributed by atoms with Crippen LogP contribution in [0.25, 0.3) is 11.0 Å². The van der Waals surface area contributed by atoms with Crippen LogP contribution < -0.4 is 16.6 Å². The van der Waals surface area contributed by atoms with Gasteiger partial charge in [-0.05, 0) is 22.0 Å². The SMILES string of the molecule is CC.N=Cc1cc(Nc2ncnc3[nH]c(C(=O)O)c(Br)c23)c(=O)[nH]c1N. The van der Waals surface area contributed by atoms with Crippen molar-refractivity contribution in [2.45, 2.75) is 13.8 Å². The first kappa shape index (κ1) is 19.1. The Morgan fingerprint density at radius 1 is 1.38 bits per heavy atom. The maximum absolute atomic E-state index is 12.0. The number of pyridine rings is 1. The van der Waals surface area contributed by atoms with E-state index in [-0.39, 0.29) is 33.1 Å². The van der Waals surface area contributed by atoms with Crippen molar-refractivity contribution in [2.24, 2.45) is 0 Å². The van der Waals surface area contributed by atoms with Crippen molar-refractivity contribution in [2.75, 3.05) is 11.1 Å². The summed E-state index contributed by atoms with van der Waals surface area (Å²) in [5.74, 6) is -0.867. The number of hydrogen-bond acceptors (Lipinski definition) is 7. The quantitative estimate of drug-likeness (QED) is 0.350. The van der Waals surface area contributed by atoms with E-state index in [0.29, 0.717) is 10.9 Å². The highest BCUT2D eigenvalue weighted by atomic mass is 79.9. The molecule has 0 spiro atoms. The van der Waals surface area contributed by atoms with E-state index < -0.39 is 11.5 Å². The van der Waals surface area contributed by atoms with Gasteiger partial charge < -0.3 is 31.5 Å². The molecule has 0 bridgehead atoms. The minimum Gasteiger partial charge on any atom is -0.477 e. The molecular weight excluding hydrogens is 406 g/mol. The summed E-state index contributed by atoms with van der Waals surface area (Å²) in [6, 6.07) is 1.40. The molecule has 3 heterocycles. The molecule has 3 rings (SSSR count). The Morgan fingerprint density at radius 3 is 2.69 bits per heavy atom.